The Morgan fingerprint density at radius 1 is 1.24 bits per heavy atom. The molecule has 0 spiro atoms. The number of ether oxygens (including phenoxy) is 1. The molecule has 0 radical (unpaired) electrons. The summed E-state index contributed by atoms with van der Waals surface area (Å²) in [5.41, 5.74) is -1.88. The maximum atomic E-state index is 15.5. The van der Waals surface area contributed by atoms with E-state index in [1.165, 1.54) is 4.90 Å². The third-order valence-corrected chi connectivity index (χ3v) is 7.78. The fourth-order valence-electron chi connectivity index (χ4n) is 4.47. The first-order valence-electron chi connectivity index (χ1n) is 13.3. The molecular weight excluding hydrogens is 520 g/mol. The van der Waals surface area contributed by atoms with Crippen molar-refractivity contribution in [1.29, 1.82) is 5.26 Å². The molecule has 38 heavy (non-hydrogen) atoms. The number of carbonyl (C=O) groups excluding carboxylic acids is 1. The smallest absolute Gasteiger partial charge is 0.425 e. The highest BCUT2D eigenvalue weighted by atomic mass is 32.1. The molecule has 1 N–H and O–H groups in total. The SMILES string of the molecule is CC(C)C.N#Cc1sc(C(F)(F)F)cc1OC1CCN(C(=O)C2(F)CCN(C/C=C/C3CNC3)CC2)CC1. The van der Waals surface area contributed by atoms with E-state index in [0.29, 0.717) is 43.2 Å². The van der Waals surface area contributed by atoms with Crippen LogP contribution in [0.5, 0.6) is 5.75 Å². The van der Waals surface area contributed by atoms with Gasteiger partial charge in [-0.05, 0) is 5.92 Å². The van der Waals surface area contributed by atoms with E-state index >= 15 is 4.39 Å². The second kappa shape index (κ2) is 13.3. The quantitative estimate of drug-likeness (QED) is 0.382. The first kappa shape index (κ1) is 30.4. The van der Waals surface area contributed by atoms with Gasteiger partial charge in [0.15, 0.2) is 5.67 Å². The van der Waals surface area contributed by atoms with Gasteiger partial charge in [0.2, 0.25) is 0 Å². The molecule has 3 aliphatic rings. The van der Waals surface area contributed by atoms with Gasteiger partial charge in [0.25, 0.3) is 5.91 Å². The van der Waals surface area contributed by atoms with Crippen LogP contribution in [0.1, 0.15) is 56.2 Å². The topological polar surface area (TPSA) is 68.6 Å². The molecule has 0 unspecified atom stereocenters. The number of likely N-dealkylation sites (tertiary alicyclic amines) is 2. The van der Waals surface area contributed by atoms with Gasteiger partial charge in [-0.3, -0.25) is 9.69 Å². The van der Waals surface area contributed by atoms with E-state index in [-0.39, 0.29) is 36.6 Å². The molecule has 1 amide bonds. The Morgan fingerprint density at radius 2 is 1.84 bits per heavy atom. The number of halogens is 4. The van der Waals surface area contributed by atoms with Crippen molar-refractivity contribution in [3.8, 4) is 11.8 Å². The molecule has 1 aromatic rings. The number of hydrogen-bond donors (Lipinski definition) is 1. The molecule has 4 heterocycles. The van der Waals surface area contributed by atoms with Crippen LogP contribution in [0.3, 0.4) is 0 Å². The fraction of sp³-hybridized carbons (Fsp3) is 0.704. The Bertz CT molecular complexity index is 981. The molecule has 0 bridgehead atoms. The lowest BCUT2D eigenvalue weighted by atomic mass is 9.90. The number of thiophene rings is 1. The van der Waals surface area contributed by atoms with Gasteiger partial charge in [-0.2, -0.15) is 18.4 Å². The third kappa shape index (κ3) is 8.42. The van der Waals surface area contributed by atoms with Crippen LogP contribution in [0.2, 0.25) is 0 Å². The molecule has 0 aliphatic carbocycles. The number of nitrogens with zero attached hydrogens (tertiary/aromatic N) is 3. The average molecular weight is 559 g/mol. The summed E-state index contributed by atoms with van der Waals surface area (Å²) < 4.78 is 60.0. The van der Waals surface area contributed by atoms with Crippen LogP contribution in [0.25, 0.3) is 0 Å². The van der Waals surface area contributed by atoms with Crippen LogP contribution in [0.15, 0.2) is 18.2 Å². The number of nitriles is 1. The van der Waals surface area contributed by atoms with Crippen molar-refractivity contribution in [2.24, 2.45) is 11.8 Å². The maximum absolute atomic E-state index is 15.5. The standard InChI is InChI=1S/C23H28F4N4O2S.C4H10/c24-22(5-10-30(11-6-22)7-1-2-16-14-29-15-16)21(32)31-8-3-17(4-9-31)33-18-12-20(23(25,26)27)34-19(18)13-28;1-4(2)3/h1-2,12,16-17,29H,3-11,14-15H2;4H,1-3H3/b2-1+;. The number of rotatable bonds is 6. The summed E-state index contributed by atoms with van der Waals surface area (Å²) in [5, 5.41) is 12.3. The molecule has 3 fully saturated rings. The molecule has 212 valence electrons. The van der Waals surface area contributed by atoms with E-state index in [0.717, 1.165) is 31.6 Å². The average Bonchev–Trinajstić information content (AvgIpc) is 3.25. The van der Waals surface area contributed by atoms with Crippen molar-refractivity contribution in [2.75, 3.05) is 45.8 Å². The van der Waals surface area contributed by atoms with Crippen molar-refractivity contribution >= 4 is 17.2 Å². The van der Waals surface area contributed by atoms with Gasteiger partial charge in [-0.1, -0.05) is 32.9 Å². The minimum absolute atomic E-state index is 0.0819. The zero-order chi connectivity index (χ0) is 27.9. The summed E-state index contributed by atoms with van der Waals surface area (Å²) >= 11 is 0.353. The Balaban J connectivity index is 0.000000934. The van der Waals surface area contributed by atoms with Crippen LogP contribution in [-0.4, -0.2) is 73.3 Å². The lowest BCUT2D eigenvalue weighted by molar-refractivity contribution is -0.149. The molecule has 3 aliphatic heterocycles. The van der Waals surface area contributed by atoms with E-state index in [9.17, 15) is 18.0 Å². The summed E-state index contributed by atoms with van der Waals surface area (Å²) in [6.45, 7) is 10.8. The number of piperidine rings is 2. The highest BCUT2D eigenvalue weighted by Crippen LogP contribution is 2.40. The van der Waals surface area contributed by atoms with Crippen LogP contribution in [-0.2, 0) is 11.0 Å². The van der Waals surface area contributed by atoms with Crippen molar-refractivity contribution < 1.29 is 27.1 Å². The predicted octanol–water partition coefficient (Wildman–Crippen LogP) is 5.25. The van der Waals surface area contributed by atoms with Gasteiger partial charge in [0, 0.05) is 83.5 Å². The van der Waals surface area contributed by atoms with Gasteiger partial charge < -0.3 is 15.0 Å². The van der Waals surface area contributed by atoms with Crippen molar-refractivity contribution in [1.82, 2.24) is 15.1 Å². The molecular formula is C27H38F4N4O2S. The normalized spacial score (nSPS) is 21.1. The van der Waals surface area contributed by atoms with Crippen LogP contribution < -0.4 is 10.1 Å². The van der Waals surface area contributed by atoms with Crippen molar-refractivity contribution in [3.05, 3.63) is 28.0 Å². The molecule has 3 saturated heterocycles. The maximum Gasteiger partial charge on any atom is 0.425 e. The molecule has 6 nitrogen and oxygen atoms in total. The predicted molar refractivity (Wildman–Crippen MR) is 140 cm³/mol. The van der Waals surface area contributed by atoms with Gasteiger partial charge in [-0.15, -0.1) is 11.3 Å². The fourth-order valence-corrected chi connectivity index (χ4v) is 5.23. The Kier molecular flexibility index (Phi) is 10.6. The second-order valence-corrected chi connectivity index (χ2v) is 11.9. The van der Waals surface area contributed by atoms with Gasteiger partial charge in [-0.25, -0.2) is 4.39 Å². The van der Waals surface area contributed by atoms with Crippen molar-refractivity contribution in [2.45, 2.75) is 64.4 Å². The number of nitrogens with one attached hydrogen (secondary N) is 1. The van der Waals surface area contributed by atoms with E-state index in [1.807, 2.05) is 0 Å². The Morgan fingerprint density at radius 3 is 2.34 bits per heavy atom. The zero-order valence-electron chi connectivity index (χ0n) is 22.3. The van der Waals surface area contributed by atoms with Crippen LogP contribution in [0, 0.1) is 23.2 Å². The summed E-state index contributed by atoms with van der Waals surface area (Å²) in [6, 6.07) is 2.60. The van der Waals surface area contributed by atoms with Crippen LogP contribution in [0.4, 0.5) is 17.6 Å². The molecule has 4 rings (SSSR count). The number of hydrogen-bond acceptors (Lipinski definition) is 6. The first-order chi connectivity index (χ1) is 17.9. The van der Waals surface area contributed by atoms with E-state index in [1.54, 1.807) is 6.07 Å². The zero-order valence-corrected chi connectivity index (χ0v) is 23.1. The molecule has 1 aromatic heterocycles. The molecule has 0 saturated carbocycles. The lowest BCUT2D eigenvalue weighted by Crippen LogP contribution is -2.54. The Labute approximate surface area is 226 Å². The van der Waals surface area contributed by atoms with Crippen molar-refractivity contribution in [3.63, 3.8) is 0 Å². The van der Waals surface area contributed by atoms with E-state index in [4.69, 9.17) is 10.00 Å². The third-order valence-electron chi connectivity index (χ3n) is 6.72. The lowest BCUT2D eigenvalue weighted by Gasteiger charge is -2.40. The van der Waals surface area contributed by atoms with Gasteiger partial charge >= 0.3 is 6.18 Å². The second-order valence-electron chi connectivity index (χ2n) is 10.9. The van der Waals surface area contributed by atoms with E-state index in [2.05, 4.69) is 43.1 Å². The van der Waals surface area contributed by atoms with Gasteiger partial charge in [0.05, 0.1) is 0 Å². The first-order valence-corrected chi connectivity index (χ1v) is 14.1. The van der Waals surface area contributed by atoms with E-state index < -0.39 is 28.7 Å². The largest absolute Gasteiger partial charge is 0.488 e. The minimum Gasteiger partial charge on any atom is -0.488 e. The monoisotopic (exact) mass is 558 g/mol. The molecule has 11 heteroatoms. The number of alkyl halides is 4. The summed E-state index contributed by atoms with van der Waals surface area (Å²) in [5.74, 6) is 0.826. The summed E-state index contributed by atoms with van der Waals surface area (Å²) in [6.07, 6.45) is 0.388. The number of amides is 1. The molecule has 0 atom stereocenters. The minimum atomic E-state index is -4.54. The van der Waals surface area contributed by atoms with Gasteiger partial charge in [0.1, 0.15) is 27.7 Å². The highest BCUT2D eigenvalue weighted by Gasteiger charge is 2.45. The number of carbonyl (C=O) groups is 1. The summed E-state index contributed by atoms with van der Waals surface area (Å²) in [7, 11) is 0. The Hall–Kier alpha value is -2.16. The van der Waals surface area contributed by atoms with Crippen LogP contribution >= 0.6 is 11.3 Å². The molecule has 0 aromatic carbocycles. The highest BCUT2D eigenvalue weighted by molar-refractivity contribution is 7.13. The summed E-state index contributed by atoms with van der Waals surface area (Å²) in [4.78, 5) is 15.6.